The van der Waals surface area contributed by atoms with E-state index in [2.05, 4.69) is 4.74 Å². The summed E-state index contributed by atoms with van der Waals surface area (Å²) in [6.45, 7) is 0. The number of ether oxygens (including phenoxy) is 2. The second kappa shape index (κ2) is 4.90. The third kappa shape index (κ3) is 2.89. The highest BCUT2D eigenvalue weighted by Crippen LogP contribution is 2.25. The predicted octanol–water partition coefficient (Wildman–Crippen LogP) is 3.04. The van der Waals surface area contributed by atoms with Crippen LogP contribution in [0.2, 0.25) is 0 Å². The van der Waals surface area contributed by atoms with Crippen LogP contribution in [0.1, 0.15) is 0 Å². The highest BCUT2D eigenvalue weighted by atomic mass is 16.5. The molecule has 0 radical (unpaired) electrons. The van der Waals surface area contributed by atoms with E-state index in [0.717, 1.165) is 0 Å². The van der Waals surface area contributed by atoms with E-state index < -0.39 is 0 Å². The quantitative estimate of drug-likeness (QED) is 0.818. The van der Waals surface area contributed by atoms with Crippen LogP contribution in [0.4, 0.5) is 0 Å². The molecule has 0 saturated heterocycles. The lowest BCUT2D eigenvalue weighted by Gasteiger charge is -2.05. The summed E-state index contributed by atoms with van der Waals surface area (Å²) in [5.74, 6) is 1.90. The second-order valence-corrected chi connectivity index (χ2v) is 3.26. The van der Waals surface area contributed by atoms with Gasteiger partial charge in [-0.3, -0.25) is 0 Å². The van der Waals surface area contributed by atoms with E-state index in [1.807, 2.05) is 0 Å². The van der Waals surface area contributed by atoms with Crippen LogP contribution in [-0.2, 0) is 0 Å². The van der Waals surface area contributed by atoms with Gasteiger partial charge in [-0.15, -0.1) is 5.26 Å². The maximum atomic E-state index is 9.12. The molecule has 0 fully saturated rings. The molecule has 2 aromatic rings. The largest absolute Gasteiger partial charge is 0.508 e. The smallest absolute Gasteiger partial charge is 0.292 e. The molecule has 0 atom stereocenters. The Bertz CT molecular complexity index is 526. The van der Waals surface area contributed by atoms with E-state index in [1.54, 1.807) is 54.8 Å². The Hall–Kier alpha value is -2.67. The van der Waals surface area contributed by atoms with E-state index in [4.69, 9.17) is 15.1 Å². The van der Waals surface area contributed by atoms with Crippen LogP contribution in [0, 0.1) is 11.5 Å². The van der Waals surface area contributed by atoms with Crippen molar-refractivity contribution in [3.63, 3.8) is 0 Å². The molecule has 84 valence electrons. The van der Waals surface area contributed by atoms with Gasteiger partial charge in [-0.25, -0.2) is 0 Å². The second-order valence-electron chi connectivity index (χ2n) is 3.26. The van der Waals surface area contributed by atoms with Crippen LogP contribution in [-0.4, -0.2) is 5.11 Å². The molecule has 2 rings (SSSR count). The number of phenolic OH excluding ortho intramolecular Hbond substituents is 1. The molecule has 0 aliphatic rings. The lowest BCUT2D eigenvalue weighted by molar-refractivity contribution is 0.463. The zero-order valence-corrected chi connectivity index (χ0v) is 8.83. The molecule has 0 unspecified atom stereocenters. The molecule has 0 amide bonds. The van der Waals surface area contributed by atoms with E-state index in [9.17, 15) is 0 Å². The van der Waals surface area contributed by atoms with Gasteiger partial charge in [0.25, 0.3) is 6.26 Å². The number of nitrogens with zero attached hydrogens (tertiary/aromatic N) is 1. The number of phenols is 1. The Morgan fingerprint density at radius 2 is 1.29 bits per heavy atom. The standard InChI is InChI=1S/C13H9NO3/c14-9-16-11-5-7-13(8-6-11)17-12-3-1-10(15)2-4-12/h1-8,15H. The molecular formula is C13H9NO3. The van der Waals surface area contributed by atoms with E-state index in [1.165, 1.54) is 0 Å². The van der Waals surface area contributed by atoms with Crippen LogP contribution in [0.15, 0.2) is 48.5 Å². The van der Waals surface area contributed by atoms with Crippen molar-refractivity contribution in [3.8, 4) is 29.3 Å². The first kappa shape index (κ1) is 10.8. The minimum atomic E-state index is 0.190. The van der Waals surface area contributed by atoms with Gasteiger partial charge < -0.3 is 14.6 Å². The Morgan fingerprint density at radius 1 is 0.824 bits per heavy atom. The first-order valence-electron chi connectivity index (χ1n) is 4.91. The Kier molecular flexibility index (Phi) is 3.13. The van der Waals surface area contributed by atoms with Crippen molar-refractivity contribution in [1.82, 2.24) is 0 Å². The Balaban J connectivity index is 2.09. The van der Waals surface area contributed by atoms with Crippen LogP contribution in [0.25, 0.3) is 0 Å². The van der Waals surface area contributed by atoms with Crippen molar-refractivity contribution in [2.75, 3.05) is 0 Å². The van der Waals surface area contributed by atoms with Crippen LogP contribution < -0.4 is 9.47 Å². The molecule has 1 N–H and O–H groups in total. The zero-order chi connectivity index (χ0) is 12.1. The van der Waals surface area contributed by atoms with Crippen molar-refractivity contribution in [2.24, 2.45) is 0 Å². The lowest BCUT2D eigenvalue weighted by atomic mass is 10.3. The summed E-state index contributed by atoms with van der Waals surface area (Å²) in [7, 11) is 0. The fourth-order valence-corrected chi connectivity index (χ4v) is 1.28. The molecule has 0 spiro atoms. The van der Waals surface area contributed by atoms with Crippen LogP contribution in [0.3, 0.4) is 0 Å². The molecule has 0 aliphatic heterocycles. The van der Waals surface area contributed by atoms with E-state index >= 15 is 0 Å². The predicted molar refractivity (Wildman–Crippen MR) is 60.9 cm³/mol. The summed E-state index contributed by atoms with van der Waals surface area (Å²) in [5, 5.41) is 17.4. The monoisotopic (exact) mass is 227 g/mol. The lowest BCUT2D eigenvalue weighted by Crippen LogP contribution is -1.85. The topological polar surface area (TPSA) is 62.5 Å². The molecule has 0 bridgehead atoms. The number of hydrogen-bond donors (Lipinski definition) is 1. The minimum absolute atomic E-state index is 0.190. The van der Waals surface area contributed by atoms with Gasteiger partial charge in [0.2, 0.25) is 0 Å². The van der Waals surface area contributed by atoms with Crippen molar-refractivity contribution in [3.05, 3.63) is 48.5 Å². The van der Waals surface area contributed by atoms with Gasteiger partial charge in [-0.2, -0.15) is 0 Å². The molecule has 0 heterocycles. The summed E-state index contributed by atoms with van der Waals surface area (Å²) in [6.07, 6.45) is 1.59. The number of aromatic hydroxyl groups is 1. The SMILES string of the molecule is N#COc1ccc(Oc2ccc(O)cc2)cc1. The van der Waals surface area contributed by atoms with Crippen molar-refractivity contribution >= 4 is 0 Å². The average molecular weight is 227 g/mol. The van der Waals surface area contributed by atoms with Crippen molar-refractivity contribution in [2.45, 2.75) is 0 Å². The molecule has 4 nitrogen and oxygen atoms in total. The molecule has 2 aromatic carbocycles. The average Bonchev–Trinajstić information content (AvgIpc) is 2.35. The highest BCUT2D eigenvalue weighted by molar-refractivity contribution is 5.37. The van der Waals surface area contributed by atoms with Crippen LogP contribution >= 0.6 is 0 Å². The van der Waals surface area contributed by atoms with Gasteiger partial charge in [0.05, 0.1) is 0 Å². The third-order valence-electron chi connectivity index (χ3n) is 2.06. The molecular weight excluding hydrogens is 218 g/mol. The summed E-state index contributed by atoms with van der Waals surface area (Å²) in [4.78, 5) is 0. The number of rotatable bonds is 3. The van der Waals surface area contributed by atoms with Crippen LogP contribution in [0.5, 0.6) is 23.0 Å². The summed E-state index contributed by atoms with van der Waals surface area (Å²) in [6, 6.07) is 13.1. The number of nitriles is 1. The summed E-state index contributed by atoms with van der Waals surface area (Å²) in [5.41, 5.74) is 0. The Morgan fingerprint density at radius 3 is 1.82 bits per heavy atom. The summed E-state index contributed by atoms with van der Waals surface area (Å²) < 4.78 is 10.2. The first-order valence-corrected chi connectivity index (χ1v) is 4.91. The Labute approximate surface area is 98.3 Å². The minimum Gasteiger partial charge on any atom is -0.508 e. The molecule has 0 aliphatic carbocycles. The third-order valence-corrected chi connectivity index (χ3v) is 2.06. The van der Waals surface area contributed by atoms with Gasteiger partial charge in [0.1, 0.15) is 23.0 Å². The van der Waals surface area contributed by atoms with Gasteiger partial charge in [-0.1, -0.05) is 0 Å². The van der Waals surface area contributed by atoms with Crippen molar-refractivity contribution in [1.29, 1.82) is 5.26 Å². The zero-order valence-electron chi connectivity index (χ0n) is 8.83. The fourth-order valence-electron chi connectivity index (χ4n) is 1.28. The van der Waals surface area contributed by atoms with Crippen molar-refractivity contribution < 1.29 is 14.6 Å². The molecule has 0 aromatic heterocycles. The maximum Gasteiger partial charge on any atom is 0.292 e. The van der Waals surface area contributed by atoms with E-state index in [-0.39, 0.29) is 5.75 Å². The number of hydrogen-bond acceptors (Lipinski definition) is 4. The van der Waals surface area contributed by atoms with Gasteiger partial charge in [-0.05, 0) is 48.5 Å². The van der Waals surface area contributed by atoms with Gasteiger partial charge in [0.15, 0.2) is 0 Å². The summed E-state index contributed by atoms with van der Waals surface area (Å²) >= 11 is 0. The van der Waals surface area contributed by atoms with Gasteiger partial charge >= 0.3 is 0 Å². The first-order chi connectivity index (χ1) is 8.28. The molecule has 17 heavy (non-hydrogen) atoms. The van der Waals surface area contributed by atoms with E-state index in [0.29, 0.717) is 17.2 Å². The maximum absolute atomic E-state index is 9.12. The highest BCUT2D eigenvalue weighted by Gasteiger charge is 1.98. The molecule has 0 saturated carbocycles. The number of benzene rings is 2. The van der Waals surface area contributed by atoms with Gasteiger partial charge in [0, 0.05) is 0 Å². The fraction of sp³-hybridized carbons (Fsp3) is 0. The molecule has 4 heteroatoms. The normalized spacial score (nSPS) is 9.35.